The van der Waals surface area contributed by atoms with E-state index < -0.39 is 0 Å². The number of fused-ring (bicyclic) bond motifs is 3. The normalized spacial score (nSPS) is 25.7. The molecule has 0 N–H and O–H groups in total. The molecule has 8 heteroatoms. The highest BCUT2D eigenvalue weighted by molar-refractivity contribution is 6.28. The molecule has 0 radical (unpaired) electrons. The van der Waals surface area contributed by atoms with Gasteiger partial charge in [-0.2, -0.15) is 9.66 Å². The highest BCUT2D eigenvalue weighted by Crippen LogP contribution is 2.27. The fraction of sp³-hybridized carbons (Fsp3) is 0.545. The fourth-order valence-electron chi connectivity index (χ4n) is 2.93. The van der Waals surface area contributed by atoms with E-state index in [9.17, 15) is 4.79 Å². The van der Waals surface area contributed by atoms with Gasteiger partial charge in [0, 0.05) is 7.05 Å². The SMILES string of the molecule is Cn1c(=O)n(N2CC3CC2CO3)c2nc(Cl)ncc21. The number of aromatic nitrogens is 4. The minimum atomic E-state index is -0.126. The number of ether oxygens (including phenoxy) is 1. The topological polar surface area (TPSA) is 65.2 Å². The van der Waals surface area contributed by atoms with Crippen molar-refractivity contribution in [3.05, 3.63) is 22.0 Å². The van der Waals surface area contributed by atoms with Crippen LogP contribution in [0.4, 0.5) is 0 Å². The average Bonchev–Trinajstić information content (AvgIpc) is 3.05. The van der Waals surface area contributed by atoms with Gasteiger partial charge < -0.3 is 4.74 Å². The first-order chi connectivity index (χ1) is 9.15. The third-order valence-electron chi connectivity index (χ3n) is 3.88. The molecule has 0 spiro atoms. The lowest BCUT2D eigenvalue weighted by Gasteiger charge is -2.28. The maximum Gasteiger partial charge on any atom is 0.349 e. The molecular formula is C11H12ClN5O2. The zero-order valence-corrected chi connectivity index (χ0v) is 11.0. The van der Waals surface area contributed by atoms with Crippen LogP contribution in [0.2, 0.25) is 5.28 Å². The Morgan fingerprint density at radius 3 is 3.05 bits per heavy atom. The van der Waals surface area contributed by atoms with E-state index in [0.29, 0.717) is 24.3 Å². The summed E-state index contributed by atoms with van der Waals surface area (Å²) in [4.78, 5) is 20.5. The number of hydrogen-bond acceptors (Lipinski definition) is 5. The zero-order valence-electron chi connectivity index (χ0n) is 10.3. The van der Waals surface area contributed by atoms with Gasteiger partial charge in [0.1, 0.15) is 5.52 Å². The second-order valence-corrected chi connectivity index (χ2v) is 5.31. The number of halogens is 1. The van der Waals surface area contributed by atoms with Gasteiger partial charge in [0.2, 0.25) is 5.28 Å². The second kappa shape index (κ2) is 3.71. The van der Waals surface area contributed by atoms with Crippen molar-refractivity contribution in [2.24, 2.45) is 7.05 Å². The molecule has 2 unspecified atom stereocenters. The monoisotopic (exact) mass is 281 g/mol. The molecule has 2 bridgehead atoms. The number of hydrogen-bond donors (Lipinski definition) is 0. The number of morpholine rings is 1. The predicted molar refractivity (Wildman–Crippen MR) is 69.0 cm³/mol. The summed E-state index contributed by atoms with van der Waals surface area (Å²) in [5.74, 6) is 0. The van der Waals surface area contributed by atoms with Gasteiger partial charge in [-0.1, -0.05) is 0 Å². The molecule has 2 fully saturated rings. The summed E-state index contributed by atoms with van der Waals surface area (Å²) in [6, 6.07) is 0.238. The predicted octanol–water partition coefficient (Wildman–Crippen LogP) is -0.107. The first-order valence-corrected chi connectivity index (χ1v) is 6.51. The number of nitrogens with zero attached hydrogens (tertiary/aromatic N) is 5. The Morgan fingerprint density at radius 2 is 2.37 bits per heavy atom. The minimum Gasteiger partial charge on any atom is -0.374 e. The molecule has 2 saturated heterocycles. The molecule has 0 saturated carbocycles. The van der Waals surface area contributed by atoms with Crippen LogP contribution in [0.3, 0.4) is 0 Å². The highest BCUT2D eigenvalue weighted by atomic mass is 35.5. The quantitative estimate of drug-likeness (QED) is 0.683. The van der Waals surface area contributed by atoms with Gasteiger partial charge in [0.15, 0.2) is 5.65 Å². The standard InChI is InChI=1S/C11H12ClN5O2/c1-15-8-3-13-10(12)14-9(8)17(11(15)18)16-4-7-2-6(16)5-19-7/h3,6-7H,2,4-5H2,1H3. The molecule has 2 atom stereocenters. The molecule has 19 heavy (non-hydrogen) atoms. The maximum atomic E-state index is 12.4. The second-order valence-electron chi connectivity index (χ2n) is 4.97. The van der Waals surface area contributed by atoms with Crippen LogP contribution in [-0.4, -0.2) is 44.5 Å². The van der Waals surface area contributed by atoms with Crippen LogP contribution in [-0.2, 0) is 11.8 Å². The van der Waals surface area contributed by atoms with Crippen LogP contribution in [0.15, 0.2) is 11.0 Å². The van der Waals surface area contributed by atoms with Gasteiger partial charge in [-0.25, -0.2) is 9.78 Å². The third-order valence-corrected chi connectivity index (χ3v) is 4.06. The summed E-state index contributed by atoms with van der Waals surface area (Å²) >= 11 is 5.85. The Morgan fingerprint density at radius 1 is 1.53 bits per heavy atom. The van der Waals surface area contributed by atoms with E-state index in [-0.39, 0.29) is 23.1 Å². The summed E-state index contributed by atoms with van der Waals surface area (Å²) in [7, 11) is 1.71. The van der Waals surface area contributed by atoms with E-state index in [1.54, 1.807) is 22.5 Å². The fourth-order valence-corrected chi connectivity index (χ4v) is 3.06. The molecule has 2 aliphatic heterocycles. The summed E-state index contributed by atoms with van der Waals surface area (Å²) in [6.45, 7) is 1.37. The van der Waals surface area contributed by atoms with E-state index in [0.717, 1.165) is 6.42 Å². The molecule has 100 valence electrons. The van der Waals surface area contributed by atoms with Crippen molar-refractivity contribution >= 4 is 22.8 Å². The average molecular weight is 282 g/mol. The lowest BCUT2D eigenvalue weighted by atomic mass is 10.3. The van der Waals surface area contributed by atoms with Crippen molar-refractivity contribution in [3.8, 4) is 0 Å². The molecule has 0 aliphatic carbocycles. The van der Waals surface area contributed by atoms with Crippen LogP contribution < -0.4 is 10.7 Å². The first-order valence-electron chi connectivity index (χ1n) is 6.13. The van der Waals surface area contributed by atoms with Crippen molar-refractivity contribution in [2.75, 3.05) is 18.2 Å². The van der Waals surface area contributed by atoms with Crippen molar-refractivity contribution in [1.29, 1.82) is 0 Å². The first kappa shape index (κ1) is 11.2. The maximum absolute atomic E-state index is 12.4. The molecule has 0 aromatic carbocycles. The van der Waals surface area contributed by atoms with Gasteiger partial charge >= 0.3 is 5.69 Å². The Hall–Kier alpha value is -1.60. The molecule has 2 aliphatic rings. The van der Waals surface area contributed by atoms with E-state index in [4.69, 9.17) is 16.3 Å². The van der Waals surface area contributed by atoms with E-state index >= 15 is 0 Å². The molecule has 4 heterocycles. The van der Waals surface area contributed by atoms with Crippen molar-refractivity contribution in [2.45, 2.75) is 18.6 Å². The Labute approximate surface area is 113 Å². The minimum absolute atomic E-state index is 0.126. The van der Waals surface area contributed by atoms with E-state index in [2.05, 4.69) is 9.97 Å². The van der Waals surface area contributed by atoms with Crippen molar-refractivity contribution < 1.29 is 4.74 Å². The van der Waals surface area contributed by atoms with Crippen molar-refractivity contribution in [3.63, 3.8) is 0 Å². The molecular weight excluding hydrogens is 270 g/mol. The molecule has 2 aromatic heterocycles. The number of aryl methyl sites for hydroxylation is 1. The van der Waals surface area contributed by atoms with Crippen LogP contribution in [0.25, 0.3) is 11.2 Å². The molecule has 0 amide bonds. The van der Waals surface area contributed by atoms with Gasteiger partial charge in [-0.3, -0.25) is 9.58 Å². The van der Waals surface area contributed by atoms with Crippen LogP contribution in [0.5, 0.6) is 0 Å². The molecule has 2 aromatic rings. The highest BCUT2D eigenvalue weighted by Gasteiger charge is 2.41. The zero-order chi connectivity index (χ0) is 13.1. The summed E-state index contributed by atoms with van der Waals surface area (Å²) in [5.41, 5.74) is 1.11. The van der Waals surface area contributed by atoms with Gasteiger partial charge in [0.05, 0.1) is 31.5 Å². The van der Waals surface area contributed by atoms with Crippen LogP contribution in [0, 0.1) is 0 Å². The van der Waals surface area contributed by atoms with Crippen molar-refractivity contribution in [1.82, 2.24) is 19.2 Å². The van der Waals surface area contributed by atoms with E-state index in [1.807, 2.05) is 5.01 Å². The summed E-state index contributed by atoms with van der Waals surface area (Å²) < 4.78 is 8.71. The Bertz CT molecular complexity index is 724. The number of imidazole rings is 1. The van der Waals surface area contributed by atoms with Crippen LogP contribution >= 0.6 is 11.6 Å². The summed E-state index contributed by atoms with van der Waals surface area (Å²) in [6.07, 6.45) is 2.75. The Kier molecular flexibility index (Phi) is 2.19. The lowest BCUT2D eigenvalue weighted by molar-refractivity contribution is 0.0909. The van der Waals surface area contributed by atoms with E-state index in [1.165, 1.54) is 0 Å². The van der Waals surface area contributed by atoms with Gasteiger partial charge in [0.25, 0.3) is 0 Å². The largest absolute Gasteiger partial charge is 0.374 e. The number of rotatable bonds is 1. The lowest BCUT2D eigenvalue weighted by Crippen LogP contribution is -2.49. The smallest absolute Gasteiger partial charge is 0.349 e. The molecule has 7 nitrogen and oxygen atoms in total. The van der Waals surface area contributed by atoms with Gasteiger partial charge in [-0.05, 0) is 18.0 Å². The summed E-state index contributed by atoms with van der Waals surface area (Å²) in [5, 5.41) is 2.18. The third kappa shape index (κ3) is 1.45. The molecule has 4 rings (SSSR count). The van der Waals surface area contributed by atoms with Gasteiger partial charge in [-0.15, -0.1) is 0 Å². The van der Waals surface area contributed by atoms with Crippen LogP contribution in [0.1, 0.15) is 6.42 Å². The Balaban J connectivity index is 1.96.